The zero-order valence-corrected chi connectivity index (χ0v) is 18.5. The Hall–Kier alpha value is -3.01. The Bertz CT molecular complexity index is 1030. The van der Waals surface area contributed by atoms with Gasteiger partial charge in [0.1, 0.15) is 11.6 Å². The van der Waals surface area contributed by atoms with Crippen molar-refractivity contribution >= 4 is 12.0 Å². The number of likely N-dealkylation sites (N-methyl/N-ethyl adjacent to an activating group) is 1. The number of rotatable bonds is 3. The standard InChI is InChI=1S/C22H27F2N5O3/c1-22(2,3)29(21(31)32)17-8-18(28-10-12-9-25-26-16(12)11-28)20(30)27(4)19(17)14-7-13(23)5-6-15(14)24/h5-7,9,17-19H,8,10-11H2,1-4H3,(H,25,26)(H,31,32)/t17-,18+,19-/m0/s1. The third kappa shape index (κ3) is 3.72. The maximum Gasteiger partial charge on any atom is 0.408 e. The number of H-pyrrole nitrogens is 1. The summed E-state index contributed by atoms with van der Waals surface area (Å²) in [4.78, 5) is 30.4. The van der Waals surface area contributed by atoms with Gasteiger partial charge in [0.05, 0.1) is 30.0 Å². The summed E-state index contributed by atoms with van der Waals surface area (Å²) < 4.78 is 28.9. The van der Waals surface area contributed by atoms with Crippen molar-refractivity contribution in [3.05, 3.63) is 52.9 Å². The Morgan fingerprint density at radius 3 is 2.62 bits per heavy atom. The van der Waals surface area contributed by atoms with Crippen molar-refractivity contribution in [1.29, 1.82) is 0 Å². The molecule has 10 heteroatoms. The van der Waals surface area contributed by atoms with Crippen LogP contribution in [0.5, 0.6) is 0 Å². The molecule has 3 atom stereocenters. The summed E-state index contributed by atoms with van der Waals surface area (Å²) in [5, 5.41) is 17.0. The topological polar surface area (TPSA) is 92.8 Å². The molecule has 0 radical (unpaired) electrons. The van der Waals surface area contributed by atoms with Crippen LogP contribution in [0.3, 0.4) is 0 Å². The van der Waals surface area contributed by atoms with E-state index in [2.05, 4.69) is 10.2 Å². The molecule has 1 saturated heterocycles. The second kappa shape index (κ2) is 7.84. The van der Waals surface area contributed by atoms with Gasteiger partial charge in [-0.25, -0.2) is 13.6 Å². The first kappa shape index (κ1) is 22.2. The molecule has 172 valence electrons. The number of amides is 2. The van der Waals surface area contributed by atoms with E-state index in [1.165, 1.54) is 16.8 Å². The predicted octanol–water partition coefficient (Wildman–Crippen LogP) is 3.12. The third-order valence-electron chi connectivity index (χ3n) is 6.40. The van der Waals surface area contributed by atoms with Crippen molar-refractivity contribution < 1.29 is 23.5 Å². The van der Waals surface area contributed by atoms with E-state index < -0.39 is 41.4 Å². The number of carboxylic acid groups (broad SMARTS) is 1. The minimum Gasteiger partial charge on any atom is -0.465 e. The highest BCUT2D eigenvalue weighted by Gasteiger charge is 2.50. The number of carbonyl (C=O) groups is 2. The van der Waals surface area contributed by atoms with E-state index in [-0.39, 0.29) is 17.9 Å². The normalized spacial score (nSPS) is 24.0. The molecule has 0 unspecified atom stereocenters. The molecule has 3 heterocycles. The average molecular weight is 447 g/mol. The summed E-state index contributed by atoms with van der Waals surface area (Å²) in [6, 6.07) is 0.704. The number of aromatic amines is 1. The molecule has 1 aromatic heterocycles. The van der Waals surface area contributed by atoms with Crippen LogP contribution in [0.25, 0.3) is 0 Å². The van der Waals surface area contributed by atoms with E-state index in [9.17, 15) is 23.5 Å². The third-order valence-corrected chi connectivity index (χ3v) is 6.40. The predicted molar refractivity (Wildman–Crippen MR) is 112 cm³/mol. The number of piperidine rings is 1. The molecule has 8 nitrogen and oxygen atoms in total. The van der Waals surface area contributed by atoms with Crippen LogP contribution in [-0.2, 0) is 17.9 Å². The summed E-state index contributed by atoms with van der Waals surface area (Å²) in [5.74, 6) is -1.58. The maximum absolute atomic E-state index is 14.8. The van der Waals surface area contributed by atoms with Gasteiger partial charge in [-0.2, -0.15) is 5.10 Å². The number of benzene rings is 1. The van der Waals surface area contributed by atoms with Gasteiger partial charge in [0, 0.05) is 36.8 Å². The van der Waals surface area contributed by atoms with Gasteiger partial charge < -0.3 is 10.0 Å². The number of nitrogens with zero attached hydrogens (tertiary/aromatic N) is 4. The number of halogens is 2. The van der Waals surface area contributed by atoms with E-state index in [1.54, 1.807) is 27.0 Å². The van der Waals surface area contributed by atoms with Crippen LogP contribution in [0, 0.1) is 11.6 Å². The van der Waals surface area contributed by atoms with Crippen LogP contribution in [-0.4, -0.2) is 66.7 Å². The number of hydrogen-bond acceptors (Lipinski definition) is 4. The molecule has 1 aromatic carbocycles. The van der Waals surface area contributed by atoms with E-state index in [0.717, 1.165) is 29.5 Å². The van der Waals surface area contributed by atoms with Crippen molar-refractivity contribution in [1.82, 2.24) is 24.9 Å². The summed E-state index contributed by atoms with van der Waals surface area (Å²) >= 11 is 0. The second-order valence-corrected chi connectivity index (χ2v) is 9.48. The van der Waals surface area contributed by atoms with Crippen molar-refractivity contribution in [2.45, 2.75) is 63.9 Å². The molecule has 0 saturated carbocycles. The fourth-order valence-electron chi connectivity index (χ4n) is 5.03. The molecule has 2 aromatic rings. The Labute approximate surface area is 184 Å². The van der Waals surface area contributed by atoms with Gasteiger partial charge in [-0.1, -0.05) is 0 Å². The molecule has 2 N–H and O–H groups in total. The molecular formula is C22H27F2N5O3. The number of carbonyl (C=O) groups excluding carboxylic acids is 1. The molecule has 0 spiro atoms. The number of likely N-dealkylation sites (tertiary alicyclic amines) is 1. The van der Waals surface area contributed by atoms with E-state index in [4.69, 9.17) is 0 Å². The van der Waals surface area contributed by atoms with E-state index in [1.807, 2.05) is 4.90 Å². The van der Waals surface area contributed by atoms with Crippen molar-refractivity contribution in [3.8, 4) is 0 Å². The van der Waals surface area contributed by atoms with Gasteiger partial charge in [0.25, 0.3) is 0 Å². The monoisotopic (exact) mass is 447 g/mol. The molecule has 2 amide bonds. The molecule has 0 aliphatic carbocycles. The molecule has 32 heavy (non-hydrogen) atoms. The Balaban J connectivity index is 1.77. The van der Waals surface area contributed by atoms with Crippen LogP contribution in [0.4, 0.5) is 13.6 Å². The average Bonchev–Trinajstić information content (AvgIpc) is 3.27. The lowest BCUT2D eigenvalue weighted by Gasteiger charge is -2.51. The first-order valence-electron chi connectivity index (χ1n) is 10.5. The van der Waals surface area contributed by atoms with Gasteiger partial charge in [-0.15, -0.1) is 0 Å². The molecule has 0 bridgehead atoms. The maximum atomic E-state index is 14.8. The number of hydrogen-bond donors (Lipinski definition) is 2. The Morgan fingerprint density at radius 2 is 2.00 bits per heavy atom. The molecule has 1 fully saturated rings. The first-order valence-corrected chi connectivity index (χ1v) is 10.5. The summed E-state index contributed by atoms with van der Waals surface area (Å²) in [5.41, 5.74) is 1.04. The second-order valence-electron chi connectivity index (χ2n) is 9.48. The minimum atomic E-state index is -1.18. The Morgan fingerprint density at radius 1 is 1.28 bits per heavy atom. The molecule has 4 rings (SSSR count). The fourth-order valence-corrected chi connectivity index (χ4v) is 5.03. The van der Waals surface area contributed by atoms with E-state index >= 15 is 0 Å². The van der Waals surface area contributed by atoms with Crippen molar-refractivity contribution in [2.24, 2.45) is 0 Å². The number of aromatic nitrogens is 2. The fraction of sp³-hybridized carbons (Fsp3) is 0.500. The number of fused-ring (bicyclic) bond motifs is 1. The lowest BCUT2D eigenvalue weighted by atomic mass is 9.84. The van der Waals surface area contributed by atoms with Gasteiger partial charge in [-0.05, 0) is 45.4 Å². The van der Waals surface area contributed by atoms with Crippen molar-refractivity contribution in [2.75, 3.05) is 7.05 Å². The lowest BCUT2D eigenvalue weighted by Crippen LogP contribution is -2.63. The quantitative estimate of drug-likeness (QED) is 0.754. The first-order chi connectivity index (χ1) is 15.0. The molecule has 2 aliphatic rings. The summed E-state index contributed by atoms with van der Waals surface area (Å²) in [6.07, 6.45) is 0.695. The zero-order chi connectivity index (χ0) is 23.4. The zero-order valence-electron chi connectivity index (χ0n) is 18.5. The van der Waals surface area contributed by atoms with E-state index in [0.29, 0.717) is 13.1 Å². The molecule has 2 aliphatic heterocycles. The lowest BCUT2D eigenvalue weighted by molar-refractivity contribution is -0.147. The smallest absolute Gasteiger partial charge is 0.408 e. The van der Waals surface area contributed by atoms with Crippen LogP contribution in [0.15, 0.2) is 24.4 Å². The summed E-state index contributed by atoms with van der Waals surface area (Å²) in [6.45, 7) is 6.23. The largest absolute Gasteiger partial charge is 0.465 e. The molecular weight excluding hydrogens is 420 g/mol. The van der Waals surface area contributed by atoms with Crippen LogP contribution in [0.2, 0.25) is 0 Å². The highest BCUT2D eigenvalue weighted by molar-refractivity contribution is 5.84. The summed E-state index contributed by atoms with van der Waals surface area (Å²) in [7, 11) is 1.52. The van der Waals surface area contributed by atoms with Gasteiger partial charge in [-0.3, -0.25) is 19.7 Å². The minimum absolute atomic E-state index is 0.0318. The van der Waals surface area contributed by atoms with Crippen LogP contribution >= 0.6 is 0 Å². The van der Waals surface area contributed by atoms with Gasteiger partial charge >= 0.3 is 6.09 Å². The highest BCUT2D eigenvalue weighted by atomic mass is 19.1. The number of nitrogens with one attached hydrogen (secondary N) is 1. The Kier molecular flexibility index (Phi) is 5.44. The van der Waals surface area contributed by atoms with Crippen LogP contribution in [0.1, 0.15) is 50.1 Å². The van der Waals surface area contributed by atoms with Gasteiger partial charge in [0.15, 0.2) is 0 Å². The SMILES string of the molecule is CN1C(=O)[C@H](N2Cc3cn[nH]c3C2)C[C@H](N(C(=O)O)C(C)(C)C)[C@@H]1c1cc(F)ccc1F. The van der Waals surface area contributed by atoms with Gasteiger partial charge in [0.2, 0.25) is 5.91 Å². The van der Waals surface area contributed by atoms with Crippen LogP contribution < -0.4 is 0 Å². The highest BCUT2D eigenvalue weighted by Crippen LogP contribution is 2.41. The van der Waals surface area contributed by atoms with Crippen molar-refractivity contribution in [3.63, 3.8) is 0 Å².